The molecule has 0 aliphatic heterocycles. The quantitative estimate of drug-likeness (QED) is 0.643. The van der Waals surface area contributed by atoms with Crippen molar-refractivity contribution in [2.24, 2.45) is 0 Å². The van der Waals surface area contributed by atoms with Gasteiger partial charge in [0.2, 0.25) is 0 Å². The smallest absolute Gasteiger partial charge is 0.0461 e. The number of H-pyrrole nitrogens is 1. The second-order valence-corrected chi connectivity index (χ2v) is 3.17. The highest BCUT2D eigenvalue weighted by molar-refractivity contribution is 5.88. The van der Waals surface area contributed by atoms with Gasteiger partial charge in [-0.15, -0.1) is 0 Å². The predicted octanol–water partition coefficient (Wildman–Crippen LogP) is 3.76. The first-order valence-electron chi connectivity index (χ1n) is 5.21. The third-order valence-electron chi connectivity index (χ3n) is 2.45. The Morgan fingerprint density at radius 1 is 1.14 bits per heavy atom. The predicted molar refractivity (Wildman–Crippen MR) is 62.4 cm³/mol. The Morgan fingerprint density at radius 3 is 2.79 bits per heavy atom. The van der Waals surface area contributed by atoms with E-state index in [0.717, 1.165) is 6.42 Å². The van der Waals surface area contributed by atoms with Crippen LogP contribution in [0.25, 0.3) is 17.0 Å². The molecule has 1 N–H and O–H groups in total. The lowest BCUT2D eigenvalue weighted by Crippen LogP contribution is -1.73. The fraction of sp³-hybridized carbons (Fsp3) is 0.231. The van der Waals surface area contributed by atoms with Crippen LogP contribution in [0.1, 0.15) is 25.1 Å². The summed E-state index contributed by atoms with van der Waals surface area (Å²) < 4.78 is 0. The molecular formula is C13H15N. The summed E-state index contributed by atoms with van der Waals surface area (Å²) in [4.78, 5) is 3.39. The monoisotopic (exact) mass is 185 g/mol. The first kappa shape index (κ1) is 9.07. The number of aromatic amines is 1. The Morgan fingerprint density at radius 2 is 1.93 bits per heavy atom. The number of hydrogen-bond donors (Lipinski definition) is 1. The van der Waals surface area contributed by atoms with E-state index in [1.165, 1.54) is 22.2 Å². The Kier molecular flexibility index (Phi) is 2.40. The molecule has 1 aromatic carbocycles. The summed E-state index contributed by atoms with van der Waals surface area (Å²) in [6, 6.07) is 8.46. The van der Waals surface area contributed by atoms with Crippen LogP contribution in [-0.4, -0.2) is 4.98 Å². The van der Waals surface area contributed by atoms with Crippen LogP contribution in [0.3, 0.4) is 0 Å². The van der Waals surface area contributed by atoms with Crippen LogP contribution in [0.4, 0.5) is 0 Å². The molecular weight excluding hydrogens is 170 g/mol. The van der Waals surface area contributed by atoms with Crippen molar-refractivity contribution >= 4 is 17.0 Å². The molecule has 0 saturated heterocycles. The van der Waals surface area contributed by atoms with Crippen LogP contribution >= 0.6 is 0 Å². The highest BCUT2D eigenvalue weighted by atomic mass is 14.7. The number of aromatic nitrogens is 1. The molecule has 0 radical (unpaired) electrons. The van der Waals surface area contributed by atoms with Gasteiger partial charge in [-0.1, -0.05) is 38.1 Å². The first-order chi connectivity index (χ1) is 6.95. The van der Waals surface area contributed by atoms with Gasteiger partial charge in [0.15, 0.2) is 0 Å². The first-order valence-corrected chi connectivity index (χ1v) is 5.21. The number of hydrogen-bond acceptors (Lipinski definition) is 0. The Hall–Kier alpha value is -1.50. The third kappa shape index (κ3) is 1.25. The van der Waals surface area contributed by atoms with E-state index in [2.05, 4.69) is 41.4 Å². The number of para-hydroxylation sites is 1. The standard InChI is InChI=1S/C11H9N.C2H6/c1-2-6-10-8(4-1)9-5-3-7-11(9)12-10;1-2/h1-4,6-7,12H,5H2;1-2H3. The molecule has 3 rings (SSSR count). The minimum atomic E-state index is 1.08. The molecule has 2 aromatic rings. The van der Waals surface area contributed by atoms with Gasteiger partial charge in [0.05, 0.1) is 0 Å². The summed E-state index contributed by atoms with van der Waals surface area (Å²) in [6.45, 7) is 4.00. The van der Waals surface area contributed by atoms with Gasteiger partial charge < -0.3 is 4.98 Å². The lowest BCUT2D eigenvalue weighted by Gasteiger charge is -1.90. The van der Waals surface area contributed by atoms with Crippen LogP contribution in [0.15, 0.2) is 30.3 Å². The summed E-state index contributed by atoms with van der Waals surface area (Å²) in [7, 11) is 0. The van der Waals surface area contributed by atoms with Gasteiger partial charge in [-0.2, -0.15) is 0 Å². The zero-order valence-corrected chi connectivity index (χ0v) is 8.67. The van der Waals surface area contributed by atoms with Gasteiger partial charge in [-0.05, 0) is 24.1 Å². The Labute approximate surface area is 84.5 Å². The maximum absolute atomic E-state index is 3.39. The van der Waals surface area contributed by atoms with E-state index in [1.807, 2.05) is 13.8 Å². The van der Waals surface area contributed by atoms with Gasteiger partial charge >= 0.3 is 0 Å². The summed E-state index contributed by atoms with van der Waals surface area (Å²) in [5.74, 6) is 0. The Balaban J connectivity index is 0.000000354. The minimum Gasteiger partial charge on any atom is -0.355 e. The molecule has 0 saturated carbocycles. The van der Waals surface area contributed by atoms with Gasteiger partial charge in [0.25, 0.3) is 0 Å². The Bertz CT molecular complexity index is 463. The molecule has 1 heteroatoms. The maximum Gasteiger partial charge on any atom is 0.0461 e. The molecule has 0 unspecified atom stereocenters. The highest BCUT2D eigenvalue weighted by Crippen LogP contribution is 2.27. The molecule has 1 heterocycles. The van der Waals surface area contributed by atoms with Crippen LogP contribution in [0.5, 0.6) is 0 Å². The van der Waals surface area contributed by atoms with E-state index in [0.29, 0.717) is 0 Å². The summed E-state index contributed by atoms with van der Waals surface area (Å²) >= 11 is 0. The zero-order valence-electron chi connectivity index (χ0n) is 8.67. The summed E-state index contributed by atoms with van der Waals surface area (Å²) in [5.41, 5.74) is 3.99. The van der Waals surface area contributed by atoms with Crippen molar-refractivity contribution < 1.29 is 0 Å². The molecule has 0 spiro atoms. The van der Waals surface area contributed by atoms with Crippen LogP contribution in [-0.2, 0) is 6.42 Å². The topological polar surface area (TPSA) is 15.8 Å². The second kappa shape index (κ2) is 3.70. The van der Waals surface area contributed by atoms with Crippen molar-refractivity contribution in [1.82, 2.24) is 4.98 Å². The van der Waals surface area contributed by atoms with Crippen LogP contribution < -0.4 is 0 Å². The average Bonchev–Trinajstić information content (AvgIpc) is 2.80. The summed E-state index contributed by atoms with van der Waals surface area (Å²) in [5, 5.41) is 1.37. The summed E-state index contributed by atoms with van der Waals surface area (Å²) in [6.07, 6.45) is 5.45. The van der Waals surface area contributed by atoms with Crippen molar-refractivity contribution in [3.05, 3.63) is 41.6 Å². The number of nitrogens with one attached hydrogen (secondary N) is 1. The maximum atomic E-state index is 3.39. The molecule has 0 amide bonds. The zero-order chi connectivity index (χ0) is 9.97. The largest absolute Gasteiger partial charge is 0.355 e. The van der Waals surface area contributed by atoms with E-state index in [-0.39, 0.29) is 0 Å². The SMILES string of the molecule is C1=Cc2[nH]c3ccccc3c2C1.CC. The van der Waals surface area contributed by atoms with E-state index in [4.69, 9.17) is 0 Å². The van der Waals surface area contributed by atoms with E-state index in [9.17, 15) is 0 Å². The van der Waals surface area contributed by atoms with Gasteiger partial charge in [0, 0.05) is 16.6 Å². The van der Waals surface area contributed by atoms with E-state index < -0.39 is 0 Å². The molecule has 1 aliphatic carbocycles. The molecule has 1 aliphatic rings. The lowest BCUT2D eigenvalue weighted by atomic mass is 10.1. The molecule has 0 bridgehead atoms. The second-order valence-electron chi connectivity index (χ2n) is 3.17. The molecule has 0 fully saturated rings. The number of allylic oxidation sites excluding steroid dienone is 1. The molecule has 0 atom stereocenters. The highest BCUT2D eigenvalue weighted by Gasteiger charge is 2.10. The van der Waals surface area contributed by atoms with E-state index in [1.54, 1.807) is 0 Å². The van der Waals surface area contributed by atoms with E-state index >= 15 is 0 Å². The average molecular weight is 185 g/mol. The van der Waals surface area contributed by atoms with Crippen LogP contribution in [0, 0.1) is 0 Å². The van der Waals surface area contributed by atoms with Gasteiger partial charge in [0.1, 0.15) is 0 Å². The number of benzene rings is 1. The van der Waals surface area contributed by atoms with Crippen molar-refractivity contribution in [3.63, 3.8) is 0 Å². The van der Waals surface area contributed by atoms with Gasteiger partial charge in [-0.25, -0.2) is 0 Å². The molecule has 72 valence electrons. The van der Waals surface area contributed by atoms with Crippen molar-refractivity contribution in [3.8, 4) is 0 Å². The molecule has 1 aromatic heterocycles. The fourth-order valence-electron chi connectivity index (χ4n) is 1.88. The van der Waals surface area contributed by atoms with Crippen molar-refractivity contribution in [2.75, 3.05) is 0 Å². The van der Waals surface area contributed by atoms with Crippen molar-refractivity contribution in [1.29, 1.82) is 0 Å². The van der Waals surface area contributed by atoms with Crippen LogP contribution in [0.2, 0.25) is 0 Å². The lowest BCUT2D eigenvalue weighted by molar-refractivity contribution is 1.33. The minimum absolute atomic E-state index is 1.08. The van der Waals surface area contributed by atoms with Crippen molar-refractivity contribution in [2.45, 2.75) is 20.3 Å². The third-order valence-corrected chi connectivity index (χ3v) is 2.45. The number of fused-ring (bicyclic) bond motifs is 3. The number of rotatable bonds is 0. The fourth-order valence-corrected chi connectivity index (χ4v) is 1.88. The van der Waals surface area contributed by atoms with Gasteiger partial charge in [-0.3, -0.25) is 0 Å². The molecule has 1 nitrogen and oxygen atoms in total. The normalized spacial score (nSPS) is 12.4. The molecule has 14 heavy (non-hydrogen) atoms.